The summed E-state index contributed by atoms with van der Waals surface area (Å²) in [6.07, 6.45) is 0.777. The maximum Gasteiger partial charge on any atom is 0.240 e. The minimum absolute atomic E-state index is 0.166. The first-order chi connectivity index (χ1) is 8.02. The van der Waals surface area contributed by atoms with Gasteiger partial charge >= 0.3 is 0 Å². The molecule has 0 radical (unpaired) electrons. The average Bonchev–Trinajstić information content (AvgIpc) is 2.30. The van der Waals surface area contributed by atoms with Gasteiger partial charge in [-0.15, -0.1) is 0 Å². The first kappa shape index (κ1) is 13.2. The third-order valence-corrected chi connectivity index (χ3v) is 2.56. The smallest absolute Gasteiger partial charge is 0.240 e. The van der Waals surface area contributed by atoms with Crippen LogP contribution in [0.4, 0.5) is 0 Å². The fourth-order valence-electron chi connectivity index (χ4n) is 1.48. The quantitative estimate of drug-likeness (QED) is 0.795. The van der Waals surface area contributed by atoms with E-state index in [4.69, 9.17) is 5.73 Å². The lowest BCUT2D eigenvalue weighted by Crippen LogP contribution is -2.45. The van der Waals surface area contributed by atoms with E-state index < -0.39 is 11.9 Å². The standard InChI is InChI=1S/C13H18N2O2/c1-3-12(16)15-11(13(14)17)8-10-6-4-9(2)5-7-10/h4-7,11H,3,8H2,1-2H3,(H2,14,17)(H,15,16)/t11-/m1/s1. The molecule has 0 aromatic heterocycles. The van der Waals surface area contributed by atoms with Crippen molar-refractivity contribution in [2.75, 3.05) is 0 Å². The molecule has 4 heteroatoms. The van der Waals surface area contributed by atoms with Gasteiger partial charge in [-0.1, -0.05) is 36.8 Å². The van der Waals surface area contributed by atoms with Crippen LogP contribution in [0.3, 0.4) is 0 Å². The number of amides is 2. The normalized spacial score (nSPS) is 11.9. The van der Waals surface area contributed by atoms with Gasteiger partial charge in [0.2, 0.25) is 11.8 Å². The fourth-order valence-corrected chi connectivity index (χ4v) is 1.48. The molecule has 1 aromatic rings. The van der Waals surface area contributed by atoms with E-state index in [-0.39, 0.29) is 5.91 Å². The van der Waals surface area contributed by atoms with Crippen molar-refractivity contribution in [3.8, 4) is 0 Å². The van der Waals surface area contributed by atoms with Crippen LogP contribution in [0.2, 0.25) is 0 Å². The Morgan fingerprint density at radius 3 is 2.35 bits per heavy atom. The summed E-state index contributed by atoms with van der Waals surface area (Å²) >= 11 is 0. The number of nitrogens with two attached hydrogens (primary N) is 1. The molecule has 0 fully saturated rings. The second-order valence-electron chi connectivity index (χ2n) is 4.07. The van der Waals surface area contributed by atoms with Gasteiger partial charge in [0.25, 0.3) is 0 Å². The number of carbonyl (C=O) groups is 2. The Hall–Kier alpha value is -1.84. The Balaban J connectivity index is 2.70. The molecule has 4 nitrogen and oxygen atoms in total. The highest BCUT2D eigenvalue weighted by atomic mass is 16.2. The Morgan fingerprint density at radius 2 is 1.88 bits per heavy atom. The number of hydrogen-bond donors (Lipinski definition) is 2. The van der Waals surface area contributed by atoms with Crippen LogP contribution in [0, 0.1) is 6.92 Å². The van der Waals surface area contributed by atoms with Gasteiger partial charge in [-0.2, -0.15) is 0 Å². The summed E-state index contributed by atoms with van der Waals surface area (Å²) in [7, 11) is 0. The van der Waals surface area contributed by atoms with E-state index in [1.807, 2.05) is 31.2 Å². The van der Waals surface area contributed by atoms with Crippen molar-refractivity contribution in [3.05, 3.63) is 35.4 Å². The molecule has 1 rings (SSSR count). The summed E-state index contributed by atoms with van der Waals surface area (Å²) in [5.41, 5.74) is 7.40. The molecule has 1 aromatic carbocycles. The zero-order valence-corrected chi connectivity index (χ0v) is 10.2. The largest absolute Gasteiger partial charge is 0.368 e. The lowest BCUT2D eigenvalue weighted by atomic mass is 10.0. The zero-order valence-electron chi connectivity index (χ0n) is 10.2. The van der Waals surface area contributed by atoms with Crippen LogP contribution in [-0.2, 0) is 16.0 Å². The number of aryl methyl sites for hydroxylation is 1. The van der Waals surface area contributed by atoms with Crippen LogP contribution >= 0.6 is 0 Å². The van der Waals surface area contributed by atoms with E-state index in [1.165, 1.54) is 0 Å². The van der Waals surface area contributed by atoms with Crippen molar-refractivity contribution in [1.82, 2.24) is 5.32 Å². The summed E-state index contributed by atoms with van der Waals surface area (Å²) in [6.45, 7) is 3.73. The minimum atomic E-state index is -0.634. The molecule has 0 aliphatic heterocycles. The number of nitrogens with one attached hydrogen (secondary N) is 1. The lowest BCUT2D eigenvalue weighted by molar-refractivity contribution is -0.127. The molecule has 0 unspecified atom stereocenters. The molecule has 92 valence electrons. The fraction of sp³-hybridized carbons (Fsp3) is 0.385. The van der Waals surface area contributed by atoms with Crippen LogP contribution in [0.1, 0.15) is 24.5 Å². The van der Waals surface area contributed by atoms with Gasteiger partial charge in [0.1, 0.15) is 6.04 Å². The Kier molecular flexibility index (Phi) is 4.69. The van der Waals surface area contributed by atoms with Crippen molar-refractivity contribution in [2.24, 2.45) is 5.73 Å². The number of benzene rings is 1. The van der Waals surface area contributed by atoms with Crippen LogP contribution < -0.4 is 11.1 Å². The second kappa shape index (κ2) is 6.03. The summed E-state index contributed by atoms with van der Waals surface area (Å²) < 4.78 is 0. The van der Waals surface area contributed by atoms with Crippen molar-refractivity contribution >= 4 is 11.8 Å². The highest BCUT2D eigenvalue weighted by Crippen LogP contribution is 2.06. The SMILES string of the molecule is CCC(=O)N[C@H](Cc1ccc(C)cc1)C(N)=O. The third-order valence-electron chi connectivity index (χ3n) is 2.56. The molecule has 0 aliphatic carbocycles. The van der Waals surface area contributed by atoms with Gasteiger partial charge in [-0.05, 0) is 12.5 Å². The Morgan fingerprint density at radius 1 is 1.29 bits per heavy atom. The Labute approximate surface area is 101 Å². The number of primary amides is 1. The van der Waals surface area contributed by atoms with Crippen molar-refractivity contribution < 1.29 is 9.59 Å². The van der Waals surface area contributed by atoms with E-state index in [2.05, 4.69) is 5.32 Å². The molecule has 17 heavy (non-hydrogen) atoms. The number of hydrogen-bond acceptors (Lipinski definition) is 2. The van der Waals surface area contributed by atoms with E-state index in [0.717, 1.165) is 11.1 Å². The predicted molar refractivity (Wildman–Crippen MR) is 66.3 cm³/mol. The van der Waals surface area contributed by atoms with Crippen LogP contribution in [0.5, 0.6) is 0 Å². The highest BCUT2D eigenvalue weighted by Gasteiger charge is 2.17. The average molecular weight is 234 g/mol. The van der Waals surface area contributed by atoms with E-state index in [0.29, 0.717) is 12.8 Å². The molecular weight excluding hydrogens is 216 g/mol. The van der Waals surface area contributed by atoms with Crippen LogP contribution in [0.15, 0.2) is 24.3 Å². The molecule has 0 saturated carbocycles. The molecule has 2 amide bonds. The van der Waals surface area contributed by atoms with E-state index >= 15 is 0 Å². The van der Waals surface area contributed by atoms with Crippen LogP contribution in [-0.4, -0.2) is 17.9 Å². The summed E-state index contributed by atoms with van der Waals surface area (Å²) in [6, 6.07) is 7.17. The first-order valence-corrected chi connectivity index (χ1v) is 5.67. The van der Waals surface area contributed by atoms with Gasteiger partial charge in [0, 0.05) is 12.8 Å². The highest BCUT2D eigenvalue weighted by molar-refractivity contribution is 5.86. The summed E-state index contributed by atoms with van der Waals surface area (Å²) in [5.74, 6) is -0.673. The summed E-state index contributed by atoms with van der Waals surface area (Å²) in [5, 5.41) is 2.62. The molecular formula is C13H18N2O2. The lowest BCUT2D eigenvalue weighted by Gasteiger charge is -2.15. The Bertz CT molecular complexity index is 398. The molecule has 0 heterocycles. The van der Waals surface area contributed by atoms with Gasteiger partial charge in [-0.3, -0.25) is 9.59 Å². The first-order valence-electron chi connectivity index (χ1n) is 5.67. The molecule has 0 bridgehead atoms. The zero-order chi connectivity index (χ0) is 12.8. The van der Waals surface area contributed by atoms with Gasteiger partial charge in [0.05, 0.1) is 0 Å². The summed E-state index contributed by atoms with van der Waals surface area (Å²) in [4.78, 5) is 22.5. The number of carbonyl (C=O) groups excluding carboxylic acids is 2. The molecule has 0 saturated heterocycles. The number of rotatable bonds is 5. The van der Waals surface area contributed by atoms with Crippen molar-refractivity contribution in [2.45, 2.75) is 32.7 Å². The molecule has 0 aliphatic rings. The molecule has 0 spiro atoms. The maximum atomic E-state index is 11.3. The van der Waals surface area contributed by atoms with E-state index in [9.17, 15) is 9.59 Å². The van der Waals surface area contributed by atoms with Crippen molar-refractivity contribution in [1.29, 1.82) is 0 Å². The second-order valence-corrected chi connectivity index (χ2v) is 4.07. The maximum absolute atomic E-state index is 11.3. The predicted octanol–water partition coefficient (Wildman–Crippen LogP) is 0.918. The third kappa shape index (κ3) is 4.26. The van der Waals surface area contributed by atoms with Gasteiger partial charge in [-0.25, -0.2) is 0 Å². The van der Waals surface area contributed by atoms with Crippen LogP contribution in [0.25, 0.3) is 0 Å². The minimum Gasteiger partial charge on any atom is -0.368 e. The van der Waals surface area contributed by atoms with Gasteiger partial charge in [0.15, 0.2) is 0 Å². The van der Waals surface area contributed by atoms with E-state index in [1.54, 1.807) is 6.92 Å². The van der Waals surface area contributed by atoms with Crippen molar-refractivity contribution in [3.63, 3.8) is 0 Å². The topological polar surface area (TPSA) is 72.2 Å². The molecule has 3 N–H and O–H groups in total. The molecule has 1 atom stereocenters. The van der Waals surface area contributed by atoms with Gasteiger partial charge < -0.3 is 11.1 Å². The monoisotopic (exact) mass is 234 g/mol.